The summed E-state index contributed by atoms with van der Waals surface area (Å²) in [5.74, 6) is 5.07. The summed E-state index contributed by atoms with van der Waals surface area (Å²) in [6.07, 6.45) is -0.706. The lowest BCUT2D eigenvalue weighted by Gasteiger charge is -2.18. The minimum atomic E-state index is -4.78. The number of hydrogen-bond donors (Lipinski definition) is 3. The molecule has 3 aromatic rings. The number of aryl methyl sites for hydroxylation is 1. The van der Waals surface area contributed by atoms with Gasteiger partial charge in [0.15, 0.2) is 5.78 Å². The van der Waals surface area contributed by atoms with Gasteiger partial charge in [0, 0.05) is 31.1 Å². The van der Waals surface area contributed by atoms with E-state index in [2.05, 4.69) is 15.3 Å². The van der Waals surface area contributed by atoms with Crippen LogP contribution >= 0.6 is 0 Å². The van der Waals surface area contributed by atoms with Gasteiger partial charge < -0.3 is 20.5 Å². The third kappa shape index (κ3) is 4.96. The predicted octanol–water partition coefficient (Wildman–Crippen LogP) is 4.28. The molecule has 5 N–H and O–H groups in total. The molecular weight excluding hydrogens is 465 g/mol. The van der Waals surface area contributed by atoms with E-state index in [1.54, 1.807) is 30.3 Å². The molecule has 12 heteroatoms. The molecule has 0 atom stereocenters. The number of nitrogens with zero attached hydrogens (tertiary/aromatic N) is 3. The molecule has 0 aliphatic heterocycles. The average Bonchev–Trinajstić information content (AvgIpc) is 3.20. The predicted molar refractivity (Wildman–Crippen MR) is 122 cm³/mol. The van der Waals surface area contributed by atoms with E-state index in [1.165, 1.54) is 30.6 Å². The van der Waals surface area contributed by atoms with Crippen molar-refractivity contribution in [3.8, 4) is 17.4 Å². The number of carbonyl (C=O) groups excluding carboxylic acids is 1. The van der Waals surface area contributed by atoms with E-state index >= 15 is 0 Å². The van der Waals surface area contributed by atoms with E-state index in [9.17, 15) is 18.0 Å². The number of methoxy groups -OCH3 is 1. The van der Waals surface area contributed by atoms with E-state index in [0.717, 1.165) is 5.56 Å². The van der Waals surface area contributed by atoms with Gasteiger partial charge in [-0.1, -0.05) is 12.1 Å². The lowest BCUT2D eigenvalue weighted by atomic mass is 10.1. The number of Topliss-reactive ketones (excluding diaryl/α,β-unsaturated/α-hetero) is 1. The highest BCUT2D eigenvalue weighted by Crippen LogP contribution is 2.40. The quantitative estimate of drug-likeness (QED) is 0.331. The smallest absolute Gasteiger partial charge is 0.423 e. The number of hydrogen-bond acceptors (Lipinski definition) is 9. The van der Waals surface area contributed by atoms with Crippen LogP contribution in [0.15, 0.2) is 55.0 Å². The first-order valence-electron chi connectivity index (χ1n) is 10.4. The van der Waals surface area contributed by atoms with Gasteiger partial charge in [-0.15, -0.1) is 0 Å². The molecule has 0 unspecified atom stereocenters. The molecule has 0 saturated carbocycles. The fraction of sp³-hybridized carbons (Fsp3) is 0.174. The molecule has 0 saturated heterocycles. The van der Waals surface area contributed by atoms with E-state index in [-0.39, 0.29) is 29.5 Å². The van der Waals surface area contributed by atoms with E-state index in [1.807, 2.05) is 0 Å². The minimum absolute atomic E-state index is 0.0121. The number of aromatic nitrogens is 2. The highest BCUT2D eigenvalue weighted by Gasteiger charge is 2.37. The number of benzene rings is 2. The van der Waals surface area contributed by atoms with Crippen LogP contribution in [-0.4, -0.2) is 22.9 Å². The number of nitrogens with two attached hydrogens (primary N) is 2. The summed E-state index contributed by atoms with van der Waals surface area (Å²) in [6.45, 7) is 0. The Bertz CT molecular complexity index is 1300. The van der Waals surface area contributed by atoms with Crippen LogP contribution in [0.3, 0.4) is 0 Å². The number of halogens is 3. The minimum Gasteiger partial charge on any atom is -0.494 e. The molecule has 0 bridgehead atoms. The Labute approximate surface area is 198 Å². The molecule has 2 aromatic carbocycles. The van der Waals surface area contributed by atoms with Crippen LogP contribution in [0.1, 0.15) is 27.9 Å². The highest BCUT2D eigenvalue weighted by molar-refractivity contribution is 6.03. The SMILES string of the molecule is COc1cc(N(N)/C=C\N)ccc1Nc1ncc(C(F)(F)F)c(Oc2cccc3c2C(=O)CC3)n1. The van der Waals surface area contributed by atoms with E-state index in [0.29, 0.717) is 29.7 Å². The number of anilines is 3. The zero-order chi connectivity index (χ0) is 25.2. The molecule has 182 valence electrons. The van der Waals surface area contributed by atoms with Crippen molar-refractivity contribution in [1.82, 2.24) is 9.97 Å². The molecule has 0 amide bonds. The van der Waals surface area contributed by atoms with Crippen molar-refractivity contribution in [3.05, 3.63) is 71.7 Å². The van der Waals surface area contributed by atoms with Gasteiger partial charge in [-0.2, -0.15) is 18.2 Å². The van der Waals surface area contributed by atoms with Gasteiger partial charge in [-0.3, -0.25) is 9.80 Å². The summed E-state index contributed by atoms with van der Waals surface area (Å²) in [6, 6.07) is 9.60. The van der Waals surface area contributed by atoms with Crippen LogP contribution in [0.4, 0.5) is 30.5 Å². The number of rotatable bonds is 7. The van der Waals surface area contributed by atoms with Gasteiger partial charge in [0.05, 0.1) is 24.0 Å². The highest BCUT2D eigenvalue weighted by atomic mass is 19.4. The van der Waals surface area contributed by atoms with E-state index < -0.39 is 17.6 Å². The summed E-state index contributed by atoms with van der Waals surface area (Å²) in [5.41, 5.74) is 6.05. The van der Waals surface area contributed by atoms with Gasteiger partial charge >= 0.3 is 6.18 Å². The molecule has 35 heavy (non-hydrogen) atoms. The van der Waals surface area contributed by atoms with Gasteiger partial charge in [-0.25, -0.2) is 10.8 Å². The van der Waals surface area contributed by atoms with Crippen molar-refractivity contribution in [2.45, 2.75) is 19.0 Å². The maximum Gasteiger partial charge on any atom is 0.423 e. The molecule has 4 rings (SSSR count). The Morgan fingerprint density at radius 2 is 1.97 bits per heavy atom. The number of ether oxygens (including phenoxy) is 2. The Morgan fingerprint density at radius 1 is 1.17 bits per heavy atom. The molecule has 0 fully saturated rings. The fourth-order valence-corrected chi connectivity index (χ4v) is 3.61. The number of hydrazine groups is 1. The first-order valence-corrected chi connectivity index (χ1v) is 10.4. The van der Waals surface area contributed by atoms with Crippen LogP contribution < -0.4 is 31.4 Å². The van der Waals surface area contributed by atoms with Crippen LogP contribution in [0.2, 0.25) is 0 Å². The maximum absolute atomic E-state index is 13.7. The van der Waals surface area contributed by atoms with Crippen LogP contribution in [0.5, 0.6) is 17.4 Å². The van der Waals surface area contributed by atoms with E-state index in [4.69, 9.17) is 21.1 Å². The molecule has 9 nitrogen and oxygen atoms in total. The fourth-order valence-electron chi connectivity index (χ4n) is 3.61. The second-order valence-corrected chi connectivity index (χ2v) is 7.48. The van der Waals surface area contributed by atoms with Gasteiger partial charge in [-0.05, 0) is 30.2 Å². The van der Waals surface area contributed by atoms with Crippen molar-refractivity contribution < 1.29 is 27.4 Å². The molecule has 0 radical (unpaired) electrons. The second-order valence-electron chi connectivity index (χ2n) is 7.48. The van der Waals surface area contributed by atoms with Crippen molar-refractivity contribution >= 4 is 23.1 Å². The molecule has 1 aromatic heterocycles. The van der Waals surface area contributed by atoms with Crippen LogP contribution in [0, 0.1) is 0 Å². The standard InChI is InChI=1S/C23H21F3N6O3/c1-34-19-11-14(32(28)10-9-27)6-7-16(19)30-22-29-12-15(23(24,25)26)21(31-22)35-18-4-2-3-13-5-8-17(33)20(13)18/h2-4,6-7,9-12H,5,8,27-28H2,1H3,(H,29,30,31)/b10-9-. The largest absolute Gasteiger partial charge is 0.494 e. The Morgan fingerprint density at radius 3 is 2.69 bits per heavy atom. The van der Waals surface area contributed by atoms with Gasteiger partial charge in [0.25, 0.3) is 0 Å². The van der Waals surface area contributed by atoms with Crippen LogP contribution in [0.25, 0.3) is 0 Å². The Hall–Kier alpha value is -4.32. The molecule has 1 heterocycles. The summed E-state index contributed by atoms with van der Waals surface area (Å²) < 4.78 is 51.9. The lowest BCUT2D eigenvalue weighted by molar-refractivity contribution is -0.139. The number of carbonyl (C=O) groups is 1. The molecule has 0 spiro atoms. The zero-order valence-electron chi connectivity index (χ0n) is 18.5. The summed E-state index contributed by atoms with van der Waals surface area (Å²) in [7, 11) is 1.42. The van der Waals surface area contributed by atoms with Gasteiger partial charge in [0.2, 0.25) is 11.8 Å². The molecular formula is C23H21F3N6O3. The summed E-state index contributed by atoms with van der Waals surface area (Å²) >= 11 is 0. The summed E-state index contributed by atoms with van der Waals surface area (Å²) in [4.78, 5) is 20.0. The Balaban J connectivity index is 1.69. The molecule has 1 aliphatic carbocycles. The number of ketones is 1. The monoisotopic (exact) mass is 486 g/mol. The third-order valence-electron chi connectivity index (χ3n) is 5.25. The second kappa shape index (κ2) is 9.50. The maximum atomic E-state index is 13.7. The van der Waals surface area contributed by atoms with Crippen molar-refractivity contribution in [1.29, 1.82) is 0 Å². The van der Waals surface area contributed by atoms with Crippen molar-refractivity contribution in [3.63, 3.8) is 0 Å². The average molecular weight is 486 g/mol. The normalized spacial score (nSPS) is 13.1. The van der Waals surface area contributed by atoms with Crippen molar-refractivity contribution in [2.75, 3.05) is 17.4 Å². The van der Waals surface area contributed by atoms with Gasteiger partial charge in [0.1, 0.15) is 17.1 Å². The Kier molecular flexibility index (Phi) is 6.47. The first-order chi connectivity index (χ1) is 16.7. The number of nitrogens with one attached hydrogen (secondary N) is 1. The topological polar surface area (TPSA) is 129 Å². The van der Waals surface area contributed by atoms with Crippen LogP contribution in [-0.2, 0) is 12.6 Å². The zero-order valence-corrected chi connectivity index (χ0v) is 18.5. The lowest BCUT2D eigenvalue weighted by Crippen LogP contribution is -2.24. The first kappa shape index (κ1) is 23.8. The number of alkyl halides is 3. The number of fused-ring (bicyclic) bond motifs is 1. The van der Waals surface area contributed by atoms with Crippen molar-refractivity contribution in [2.24, 2.45) is 11.6 Å². The molecule has 1 aliphatic rings. The summed E-state index contributed by atoms with van der Waals surface area (Å²) in [5, 5.41) is 4.08. The third-order valence-corrected chi connectivity index (χ3v) is 5.25.